The van der Waals surface area contributed by atoms with Crippen LogP contribution < -0.4 is 0 Å². The number of aromatic nitrogens is 3. The van der Waals surface area contributed by atoms with Crippen molar-refractivity contribution in [3.8, 4) is 17.2 Å². The lowest BCUT2D eigenvalue weighted by Crippen LogP contribution is -1.95. The summed E-state index contributed by atoms with van der Waals surface area (Å²) in [6, 6.07) is 25.3. The van der Waals surface area contributed by atoms with Crippen LogP contribution >= 0.6 is 0 Å². The molecule has 0 aliphatic rings. The Kier molecular flexibility index (Phi) is 2.50. The zero-order valence-electron chi connectivity index (χ0n) is 12.5. The van der Waals surface area contributed by atoms with Crippen molar-refractivity contribution in [1.82, 2.24) is 14.5 Å². The van der Waals surface area contributed by atoms with Crippen molar-refractivity contribution in [2.45, 2.75) is 0 Å². The van der Waals surface area contributed by atoms with Crippen molar-refractivity contribution >= 4 is 21.8 Å². The molecule has 3 aromatic heterocycles. The Morgan fingerprint density at radius 1 is 0.652 bits per heavy atom. The lowest BCUT2D eigenvalue weighted by molar-refractivity contribution is 1.04. The molecule has 0 atom stereocenters. The summed E-state index contributed by atoms with van der Waals surface area (Å²) in [6.07, 6.45) is 2.09. The third-order valence-electron chi connectivity index (χ3n) is 4.33. The van der Waals surface area contributed by atoms with Gasteiger partial charge in [-0.2, -0.15) is 0 Å². The molecule has 5 aromatic rings. The zero-order valence-corrected chi connectivity index (χ0v) is 12.5. The molecule has 3 nitrogen and oxygen atoms in total. The molecule has 0 saturated heterocycles. The number of H-pyrrole nitrogens is 2. The second kappa shape index (κ2) is 4.65. The maximum Gasteiger partial charge on any atom is 0.115 e. The van der Waals surface area contributed by atoms with Crippen LogP contribution in [0.5, 0.6) is 0 Å². The van der Waals surface area contributed by atoms with Crippen molar-refractivity contribution in [3.05, 3.63) is 79.0 Å². The Bertz CT molecular complexity index is 969. The van der Waals surface area contributed by atoms with Crippen LogP contribution in [0.3, 0.4) is 0 Å². The van der Waals surface area contributed by atoms with Crippen LogP contribution in [0.15, 0.2) is 79.0 Å². The number of fused-ring (bicyclic) bond motifs is 2. The Morgan fingerprint density at radius 2 is 1.35 bits per heavy atom. The van der Waals surface area contributed by atoms with Gasteiger partial charge >= 0.3 is 0 Å². The number of nitrogens with zero attached hydrogens (tertiary/aromatic N) is 1. The molecule has 0 unspecified atom stereocenters. The lowest BCUT2D eigenvalue weighted by atomic mass is 10.2. The third-order valence-corrected chi connectivity index (χ3v) is 4.33. The third kappa shape index (κ3) is 1.90. The summed E-state index contributed by atoms with van der Waals surface area (Å²) >= 11 is 0. The van der Waals surface area contributed by atoms with Gasteiger partial charge in [0, 0.05) is 28.0 Å². The number of rotatable bonds is 2. The Balaban J connectivity index is 1.69. The smallest absolute Gasteiger partial charge is 0.115 e. The number of aromatic amines is 2. The average molecular weight is 297 g/mol. The SMILES string of the molecule is c1ccc2[nH]c(-c3cccn3-c3cc4ccccc4[nH]3)cc2c1. The molecule has 0 aliphatic carbocycles. The molecule has 5 rings (SSSR count). The molecular formula is C20H15N3. The molecule has 2 aromatic carbocycles. The minimum atomic E-state index is 1.07. The fraction of sp³-hybridized carbons (Fsp3) is 0. The minimum absolute atomic E-state index is 1.07. The van der Waals surface area contributed by atoms with E-state index in [0.29, 0.717) is 0 Å². The van der Waals surface area contributed by atoms with Crippen LogP contribution in [0.2, 0.25) is 0 Å². The number of benzene rings is 2. The van der Waals surface area contributed by atoms with Gasteiger partial charge in [-0.05, 0) is 36.4 Å². The summed E-state index contributed by atoms with van der Waals surface area (Å²) in [5.41, 5.74) is 4.58. The minimum Gasteiger partial charge on any atom is -0.353 e. The van der Waals surface area contributed by atoms with Crippen LogP contribution in [0.1, 0.15) is 0 Å². The van der Waals surface area contributed by atoms with Crippen LogP contribution in [-0.4, -0.2) is 14.5 Å². The Hall–Kier alpha value is -3.20. The first kappa shape index (κ1) is 12.4. The fourth-order valence-corrected chi connectivity index (χ4v) is 3.21. The van der Waals surface area contributed by atoms with Crippen molar-refractivity contribution in [2.75, 3.05) is 0 Å². The highest BCUT2D eigenvalue weighted by Crippen LogP contribution is 2.27. The Labute approximate surface area is 133 Å². The molecular weight excluding hydrogens is 282 g/mol. The van der Waals surface area contributed by atoms with Gasteiger partial charge < -0.3 is 14.5 Å². The van der Waals surface area contributed by atoms with Gasteiger partial charge in [-0.15, -0.1) is 0 Å². The first-order chi connectivity index (χ1) is 11.4. The molecule has 0 bridgehead atoms. The second-order valence-electron chi connectivity index (χ2n) is 5.78. The van der Waals surface area contributed by atoms with E-state index in [4.69, 9.17) is 0 Å². The highest BCUT2D eigenvalue weighted by atomic mass is 15.1. The van der Waals surface area contributed by atoms with Gasteiger partial charge in [-0.25, -0.2) is 0 Å². The number of para-hydroxylation sites is 2. The van der Waals surface area contributed by atoms with Crippen LogP contribution in [0.4, 0.5) is 0 Å². The second-order valence-corrected chi connectivity index (χ2v) is 5.78. The zero-order chi connectivity index (χ0) is 15.2. The molecule has 110 valence electrons. The maximum atomic E-state index is 3.51. The van der Waals surface area contributed by atoms with Crippen molar-refractivity contribution in [2.24, 2.45) is 0 Å². The van der Waals surface area contributed by atoms with Gasteiger partial charge in [0.2, 0.25) is 0 Å². The van der Waals surface area contributed by atoms with E-state index < -0.39 is 0 Å². The number of hydrogen-bond donors (Lipinski definition) is 2. The summed E-state index contributed by atoms with van der Waals surface area (Å²) < 4.78 is 2.19. The normalized spacial score (nSPS) is 11.5. The van der Waals surface area contributed by atoms with E-state index in [1.54, 1.807) is 0 Å². The van der Waals surface area contributed by atoms with E-state index in [0.717, 1.165) is 28.2 Å². The molecule has 2 N–H and O–H groups in total. The van der Waals surface area contributed by atoms with Crippen LogP contribution in [0, 0.1) is 0 Å². The fourth-order valence-electron chi connectivity index (χ4n) is 3.21. The molecule has 3 heterocycles. The quantitative estimate of drug-likeness (QED) is 0.454. The molecule has 23 heavy (non-hydrogen) atoms. The van der Waals surface area contributed by atoms with Gasteiger partial charge in [-0.1, -0.05) is 36.4 Å². The average Bonchev–Trinajstić information content (AvgIpc) is 3.30. The predicted molar refractivity (Wildman–Crippen MR) is 94.9 cm³/mol. The van der Waals surface area contributed by atoms with Crippen molar-refractivity contribution in [1.29, 1.82) is 0 Å². The molecule has 3 heteroatoms. The Morgan fingerprint density at radius 3 is 2.09 bits per heavy atom. The van der Waals surface area contributed by atoms with Gasteiger partial charge in [0.1, 0.15) is 5.82 Å². The molecule has 0 fully saturated rings. The van der Waals surface area contributed by atoms with Gasteiger partial charge in [-0.3, -0.25) is 0 Å². The maximum absolute atomic E-state index is 3.51. The summed E-state index contributed by atoms with van der Waals surface area (Å²) in [7, 11) is 0. The summed E-state index contributed by atoms with van der Waals surface area (Å²) in [5, 5.41) is 2.45. The van der Waals surface area contributed by atoms with Crippen LogP contribution in [-0.2, 0) is 0 Å². The van der Waals surface area contributed by atoms with E-state index in [1.165, 1.54) is 10.8 Å². The summed E-state index contributed by atoms with van der Waals surface area (Å²) in [5.74, 6) is 1.07. The van der Waals surface area contributed by atoms with Gasteiger partial charge in [0.05, 0.1) is 11.4 Å². The largest absolute Gasteiger partial charge is 0.353 e. The first-order valence-electron chi connectivity index (χ1n) is 7.72. The van der Waals surface area contributed by atoms with Crippen molar-refractivity contribution < 1.29 is 0 Å². The van der Waals surface area contributed by atoms with Gasteiger partial charge in [0.25, 0.3) is 0 Å². The number of nitrogens with one attached hydrogen (secondary N) is 2. The summed E-state index contributed by atoms with van der Waals surface area (Å²) in [4.78, 5) is 7.00. The topological polar surface area (TPSA) is 36.5 Å². The monoisotopic (exact) mass is 297 g/mol. The number of hydrogen-bond acceptors (Lipinski definition) is 0. The van der Waals surface area contributed by atoms with E-state index in [-0.39, 0.29) is 0 Å². The molecule has 0 amide bonds. The van der Waals surface area contributed by atoms with E-state index in [9.17, 15) is 0 Å². The van der Waals surface area contributed by atoms with E-state index in [2.05, 4.69) is 93.5 Å². The molecule has 0 radical (unpaired) electrons. The summed E-state index contributed by atoms with van der Waals surface area (Å²) in [6.45, 7) is 0. The van der Waals surface area contributed by atoms with Crippen LogP contribution in [0.25, 0.3) is 39.0 Å². The van der Waals surface area contributed by atoms with Crippen molar-refractivity contribution in [3.63, 3.8) is 0 Å². The lowest BCUT2D eigenvalue weighted by Gasteiger charge is -2.05. The molecule has 0 spiro atoms. The van der Waals surface area contributed by atoms with E-state index >= 15 is 0 Å². The highest BCUT2D eigenvalue weighted by Gasteiger charge is 2.10. The first-order valence-corrected chi connectivity index (χ1v) is 7.72. The standard InChI is InChI=1S/C20H15N3/c1-3-8-16-14(6-1)12-18(21-16)19-10-5-11-23(19)20-13-15-7-2-4-9-17(15)22-20/h1-13,21-22H. The van der Waals surface area contributed by atoms with E-state index in [1.807, 2.05) is 0 Å². The van der Waals surface area contributed by atoms with Gasteiger partial charge in [0.15, 0.2) is 0 Å². The highest BCUT2D eigenvalue weighted by molar-refractivity contribution is 5.86. The molecule has 0 aliphatic heterocycles. The predicted octanol–water partition coefficient (Wildman–Crippen LogP) is 5.11. The molecule has 0 saturated carbocycles.